The highest BCUT2D eigenvalue weighted by molar-refractivity contribution is 4.88. The fraction of sp³-hybridized carbons (Fsp3) is 1.00. The molecule has 3 nitrogen and oxygen atoms in total. The van der Waals surface area contributed by atoms with Crippen LogP contribution in [0.4, 0.5) is 0 Å². The summed E-state index contributed by atoms with van der Waals surface area (Å²) >= 11 is 0. The van der Waals surface area contributed by atoms with Gasteiger partial charge in [-0.3, -0.25) is 9.80 Å². The largest absolute Gasteiger partial charge is 0.312 e. The quantitative estimate of drug-likeness (QED) is 0.826. The second kappa shape index (κ2) is 5.89. The molecule has 2 aliphatic rings. The van der Waals surface area contributed by atoms with Gasteiger partial charge in [-0.2, -0.15) is 0 Å². The molecule has 18 heavy (non-hydrogen) atoms. The predicted molar refractivity (Wildman–Crippen MR) is 78.0 cm³/mol. The van der Waals surface area contributed by atoms with E-state index in [2.05, 4.69) is 42.8 Å². The molecule has 2 atom stereocenters. The minimum absolute atomic E-state index is 0.254. The zero-order chi connectivity index (χ0) is 13.2. The first-order valence-electron chi connectivity index (χ1n) is 7.69. The van der Waals surface area contributed by atoms with Gasteiger partial charge in [0.2, 0.25) is 0 Å². The van der Waals surface area contributed by atoms with E-state index in [0.717, 1.165) is 18.6 Å². The first-order valence-corrected chi connectivity index (χ1v) is 7.69. The maximum absolute atomic E-state index is 3.60. The van der Waals surface area contributed by atoms with E-state index in [1.807, 2.05) is 0 Å². The molecule has 0 bridgehead atoms. The molecule has 0 spiro atoms. The summed E-state index contributed by atoms with van der Waals surface area (Å²) in [5.41, 5.74) is 0.254. The molecule has 3 heteroatoms. The van der Waals surface area contributed by atoms with Crippen molar-refractivity contribution in [1.82, 2.24) is 15.1 Å². The number of piperazine rings is 1. The zero-order valence-electron chi connectivity index (χ0n) is 12.7. The third-order valence-corrected chi connectivity index (χ3v) is 4.46. The van der Waals surface area contributed by atoms with Crippen LogP contribution in [0.3, 0.4) is 0 Å². The predicted octanol–water partition coefficient (Wildman–Crippen LogP) is 1.93. The first kappa shape index (κ1) is 14.3. The zero-order valence-corrected chi connectivity index (χ0v) is 12.7. The number of hydrogen-bond donors (Lipinski definition) is 1. The smallest absolute Gasteiger partial charge is 0.0224 e. The topological polar surface area (TPSA) is 18.5 Å². The summed E-state index contributed by atoms with van der Waals surface area (Å²) in [5, 5.41) is 3.60. The Morgan fingerprint density at radius 1 is 1.22 bits per heavy atom. The summed E-state index contributed by atoms with van der Waals surface area (Å²) in [4.78, 5) is 5.40. The van der Waals surface area contributed by atoms with Gasteiger partial charge in [-0.1, -0.05) is 0 Å². The molecule has 0 radical (unpaired) electrons. The molecule has 2 fully saturated rings. The lowest BCUT2D eigenvalue weighted by Gasteiger charge is -2.40. The van der Waals surface area contributed by atoms with Crippen molar-refractivity contribution in [2.75, 3.05) is 32.7 Å². The monoisotopic (exact) mass is 253 g/mol. The average molecular weight is 253 g/mol. The van der Waals surface area contributed by atoms with Crippen molar-refractivity contribution in [2.24, 2.45) is 0 Å². The Hall–Kier alpha value is -0.120. The fourth-order valence-corrected chi connectivity index (χ4v) is 3.25. The Morgan fingerprint density at radius 2 is 2.00 bits per heavy atom. The lowest BCUT2D eigenvalue weighted by Crippen LogP contribution is -2.53. The molecule has 0 amide bonds. The lowest BCUT2D eigenvalue weighted by atomic mass is 10.1. The number of rotatable bonds is 4. The van der Waals surface area contributed by atoms with Crippen LogP contribution in [-0.2, 0) is 0 Å². The molecule has 1 N–H and O–H groups in total. The molecule has 0 saturated carbocycles. The Morgan fingerprint density at radius 3 is 2.72 bits per heavy atom. The van der Waals surface area contributed by atoms with Crippen molar-refractivity contribution >= 4 is 0 Å². The van der Waals surface area contributed by atoms with Gasteiger partial charge in [-0.15, -0.1) is 0 Å². The molecule has 2 unspecified atom stereocenters. The summed E-state index contributed by atoms with van der Waals surface area (Å²) in [5.74, 6) is 0. The lowest BCUT2D eigenvalue weighted by molar-refractivity contribution is 0.0737. The molecule has 2 aliphatic heterocycles. The van der Waals surface area contributed by atoms with Crippen molar-refractivity contribution in [1.29, 1.82) is 0 Å². The van der Waals surface area contributed by atoms with Crippen LogP contribution in [0.25, 0.3) is 0 Å². The van der Waals surface area contributed by atoms with Crippen LogP contribution in [0.15, 0.2) is 0 Å². The van der Waals surface area contributed by atoms with Gasteiger partial charge in [-0.05, 0) is 60.0 Å². The van der Waals surface area contributed by atoms with Crippen LogP contribution in [0, 0.1) is 0 Å². The van der Waals surface area contributed by atoms with Crippen molar-refractivity contribution in [3.05, 3.63) is 0 Å². The SMILES string of the molecule is CC(CCNC(C)(C)C)N1CCN2CCCC2C1. The van der Waals surface area contributed by atoms with Gasteiger partial charge in [0.1, 0.15) is 0 Å². The summed E-state index contributed by atoms with van der Waals surface area (Å²) in [6.45, 7) is 15.5. The highest BCUT2D eigenvalue weighted by Crippen LogP contribution is 2.23. The molecular formula is C15H31N3. The molecule has 0 aromatic carbocycles. The van der Waals surface area contributed by atoms with Gasteiger partial charge in [0, 0.05) is 37.3 Å². The van der Waals surface area contributed by atoms with E-state index in [1.54, 1.807) is 0 Å². The van der Waals surface area contributed by atoms with Crippen molar-refractivity contribution in [3.63, 3.8) is 0 Å². The third-order valence-electron chi connectivity index (χ3n) is 4.46. The van der Waals surface area contributed by atoms with E-state index in [0.29, 0.717) is 0 Å². The van der Waals surface area contributed by atoms with Crippen molar-refractivity contribution < 1.29 is 0 Å². The molecule has 106 valence electrons. The minimum Gasteiger partial charge on any atom is -0.312 e. The van der Waals surface area contributed by atoms with Gasteiger partial charge < -0.3 is 5.32 Å². The molecule has 2 rings (SSSR count). The van der Waals surface area contributed by atoms with E-state index in [4.69, 9.17) is 0 Å². The summed E-state index contributed by atoms with van der Waals surface area (Å²) in [6, 6.07) is 1.58. The molecule has 2 heterocycles. The van der Waals surface area contributed by atoms with Gasteiger partial charge in [0.05, 0.1) is 0 Å². The molecule has 2 saturated heterocycles. The Balaban J connectivity index is 1.71. The van der Waals surface area contributed by atoms with Gasteiger partial charge in [-0.25, -0.2) is 0 Å². The standard InChI is InChI=1S/C15H31N3/c1-13(7-8-16-15(2,3)4)18-11-10-17-9-5-6-14(17)12-18/h13-14,16H,5-12H2,1-4H3. The van der Waals surface area contributed by atoms with Gasteiger partial charge >= 0.3 is 0 Å². The van der Waals surface area contributed by atoms with Crippen molar-refractivity contribution in [3.8, 4) is 0 Å². The third kappa shape index (κ3) is 3.94. The highest BCUT2D eigenvalue weighted by atomic mass is 15.3. The minimum atomic E-state index is 0.254. The number of nitrogens with one attached hydrogen (secondary N) is 1. The van der Waals surface area contributed by atoms with E-state index < -0.39 is 0 Å². The maximum atomic E-state index is 3.60. The Labute approximate surface area is 113 Å². The number of nitrogens with zero attached hydrogens (tertiary/aromatic N) is 2. The number of hydrogen-bond acceptors (Lipinski definition) is 3. The van der Waals surface area contributed by atoms with Gasteiger partial charge in [0.15, 0.2) is 0 Å². The molecule has 0 aliphatic carbocycles. The van der Waals surface area contributed by atoms with Crippen LogP contribution in [-0.4, -0.2) is 60.1 Å². The van der Waals surface area contributed by atoms with Crippen LogP contribution < -0.4 is 5.32 Å². The Bertz CT molecular complexity index is 259. The van der Waals surface area contributed by atoms with Crippen molar-refractivity contribution in [2.45, 2.75) is 64.6 Å². The maximum Gasteiger partial charge on any atom is 0.0224 e. The van der Waals surface area contributed by atoms with E-state index in [-0.39, 0.29) is 5.54 Å². The Kier molecular flexibility index (Phi) is 4.68. The number of fused-ring (bicyclic) bond motifs is 1. The van der Waals surface area contributed by atoms with E-state index >= 15 is 0 Å². The average Bonchev–Trinajstić information content (AvgIpc) is 2.73. The summed E-state index contributed by atoms with van der Waals surface area (Å²) in [7, 11) is 0. The molecule has 0 aromatic heterocycles. The first-order chi connectivity index (χ1) is 8.46. The highest BCUT2D eigenvalue weighted by Gasteiger charge is 2.31. The second-order valence-electron chi connectivity index (χ2n) is 7.14. The van der Waals surface area contributed by atoms with E-state index in [9.17, 15) is 0 Å². The fourth-order valence-electron chi connectivity index (χ4n) is 3.25. The summed E-state index contributed by atoms with van der Waals surface area (Å²) in [6.07, 6.45) is 4.10. The van der Waals surface area contributed by atoms with Crippen LogP contribution >= 0.6 is 0 Å². The normalized spacial score (nSPS) is 28.3. The second-order valence-corrected chi connectivity index (χ2v) is 7.14. The van der Waals surface area contributed by atoms with Crippen LogP contribution in [0.2, 0.25) is 0 Å². The molecule has 0 aromatic rings. The molecular weight excluding hydrogens is 222 g/mol. The van der Waals surface area contributed by atoms with Gasteiger partial charge in [0.25, 0.3) is 0 Å². The van der Waals surface area contributed by atoms with E-state index in [1.165, 1.54) is 45.4 Å². The van der Waals surface area contributed by atoms with Crippen LogP contribution in [0.5, 0.6) is 0 Å². The summed E-state index contributed by atoms with van der Waals surface area (Å²) < 4.78 is 0. The van der Waals surface area contributed by atoms with Crippen LogP contribution in [0.1, 0.15) is 47.0 Å².